The van der Waals surface area contributed by atoms with E-state index in [9.17, 15) is 9.90 Å². The zero-order chi connectivity index (χ0) is 11.4. The highest BCUT2D eigenvalue weighted by molar-refractivity contribution is 14.1. The van der Waals surface area contributed by atoms with Crippen molar-refractivity contribution in [2.24, 2.45) is 0 Å². The molecule has 1 atom stereocenters. The third-order valence-electron chi connectivity index (χ3n) is 2.21. The number of benzene rings is 1. The maximum atomic E-state index is 11.2. The van der Waals surface area contributed by atoms with Gasteiger partial charge < -0.3 is 5.11 Å². The van der Waals surface area contributed by atoms with Crippen LogP contribution in [0, 0.1) is 6.92 Å². The quantitative estimate of drug-likeness (QED) is 0.688. The summed E-state index contributed by atoms with van der Waals surface area (Å²) in [5.74, 6) is -0.0996. The van der Waals surface area contributed by atoms with Crippen LogP contribution in [-0.4, -0.2) is 10.9 Å². The maximum Gasteiger partial charge on any atom is 0.159 e. The summed E-state index contributed by atoms with van der Waals surface area (Å²) in [5.41, 5.74) is 2.31. The van der Waals surface area contributed by atoms with Gasteiger partial charge in [-0.1, -0.05) is 52.4 Å². The van der Waals surface area contributed by atoms with Gasteiger partial charge in [0.15, 0.2) is 5.78 Å². The normalized spacial score (nSPS) is 13.7. The number of aliphatic hydroxyl groups excluding tert-OH is 1. The molecule has 1 rings (SSSR count). The number of Topliss-reactive ketones (excluding diaryl/α,β-unsaturated/α-hetero) is 1. The molecule has 1 aromatic carbocycles. The minimum atomic E-state index is -0.819. The fraction of sp³-hybridized carbons (Fsp3) is 0.250. The second-order valence-corrected chi connectivity index (χ2v) is 4.06. The number of hydrogen-bond donors (Lipinski definition) is 1. The molecule has 1 aromatic rings. The minimum absolute atomic E-state index is 0.0996. The summed E-state index contributed by atoms with van der Waals surface area (Å²) in [6.07, 6.45) is -0.819. The Morgan fingerprint density at radius 1 is 1.40 bits per heavy atom. The lowest BCUT2D eigenvalue weighted by molar-refractivity contribution is -0.114. The standard InChI is InChI=1S/C12H13IO2/c1-8-3-5-10(6-4-8)12(15)11(7-13)9(2)14/h3-7,12,15H,1-2H3/b11-7-/t12-/m0/s1. The molecule has 0 aliphatic rings. The van der Waals surface area contributed by atoms with Crippen molar-refractivity contribution in [1.82, 2.24) is 0 Å². The average Bonchev–Trinajstić information content (AvgIpc) is 2.19. The molecule has 2 nitrogen and oxygen atoms in total. The van der Waals surface area contributed by atoms with Crippen molar-refractivity contribution in [3.05, 3.63) is 45.0 Å². The molecule has 1 N–H and O–H groups in total. The highest BCUT2D eigenvalue weighted by Gasteiger charge is 2.16. The molecule has 0 spiro atoms. The van der Waals surface area contributed by atoms with Crippen LogP contribution in [0.5, 0.6) is 0 Å². The summed E-state index contributed by atoms with van der Waals surface area (Å²) in [6.45, 7) is 3.44. The van der Waals surface area contributed by atoms with Crippen LogP contribution >= 0.6 is 22.6 Å². The van der Waals surface area contributed by atoms with E-state index in [0.717, 1.165) is 11.1 Å². The first kappa shape index (κ1) is 12.4. The maximum absolute atomic E-state index is 11.2. The number of aryl methyl sites for hydroxylation is 1. The largest absolute Gasteiger partial charge is 0.384 e. The zero-order valence-electron chi connectivity index (χ0n) is 8.70. The molecule has 3 heteroatoms. The van der Waals surface area contributed by atoms with Crippen molar-refractivity contribution in [2.45, 2.75) is 20.0 Å². The number of carbonyl (C=O) groups is 1. The van der Waals surface area contributed by atoms with Gasteiger partial charge in [0.05, 0.1) is 0 Å². The molecule has 0 fully saturated rings. The average molecular weight is 316 g/mol. The van der Waals surface area contributed by atoms with E-state index in [4.69, 9.17) is 0 Å². The van der Waals surface area contributed by atoms with E-state index < -0.39 is 6.10 Å². The van der Waals surface area contributed by atoms with Gasteiger partial charge in [-0.15, -0.1) is 0 Å². The molecule has 80 valence electrons. The number of aliphatic hydroxyl groups is 1. The third-order valence-corrected chi connectivity index (χ3v) is 2.88. The predicted octanol–water partition coefficient (Wildman–Crippen LogP) is 2.94. The lowest BCUT2D eigenvalue weighted by Crippen LogP contribution is -2.08. The van der Waals surface area contributed by atoms with Gasteiger partial charge in [-0.05, 0) is 23.5 Å². The molecule has 15 heavy (non-hydrogen) atoms. The van der Waals surface area contributed by atoms with Crippen LogP contribution in [0.1, 0.15) is 24.2 Å². The fourth-order valence-electron chi connectivity index (χ4n) is 1.26. The monoisotopic (exact) mass is 316 g/mol. The molecule has 0 aromatic heterocycles. The third kappa shape index (κ3) is 3.14. The Bertz CT molecular complexity index is 379. The molecule has 0 bridgehead atoms. The Labute approximate surface area is 103 Å². The van der Waals surface area contributed by atoms with Crippen LogP contribution in [0.3, 0.4) is 0 Å². The van der Waals surface area contributed by atoms with Crippen molar-refractivity contribution in [3.63, 3.8) is 0 Å². The second kappa shape index (κ2) is 5.42. The summed E-state index contributed by atoms with van der Waals surface area (Å²) in [7, 11) is 0. The van der Waals surface area contributed by atoms with Crippen LogP contribution in [0.2, 0.25) is 0 Å². The molecular formula is C12H13IO2. The van der Waals surface area contributed by atoms with Gasteiger partial charge >= 0.3 is 0 Å². The zero-order valence-corrected chi connectivity index (χ0v) is 10.9. The second-order valence-electron chi connectivity index (χ2n) is 3.43. The van der Waals surface area contributed by atoms with Crippen molar-refractivity contribution in [2.75, 3.05) is 0 Å². The van der Waals surface area contributed by atoms with E-state index in [1.165, 1.54) is 6.92 Å². The van der Waals surface area contributed by atoms with Crippen LogP contribution in [0.4, 0.5) is 0 Å². The molecular weight excluding hydrogens is 303 g/mol. The van der Waals surface area contributed by atoms with E-state index in [1.54, 1.807) is 4.08 Å². The van der Waals surface area contributed by atoms with Gasteiger partial charge in [0.25, 0.3) is 0 Å². The van der Waals surface area contributed by atoms with Crippen LogP contribution in [0.15, 0.2) is 33.9 Å². The van der Waals surface area contributed by atoms with E-state index in [-0.39, 0.29) is 5.78 Å². The van der Waals surface area contributed by atoms with Crippen molar-refractivity contribution in [3.8, 4) is 0 Å². The summed E-state index contributed by atoms with van der Waals surface area (Å²) in [5, 5.41) is 9.95. The van der Waals surface area contributed by atoms with Gasteiger partial charge in [-0.3, -0.25) is 4.79 Å². The number of carbonyl (C=O) groups excluding carboxylic acids is 1. The number of halogens is 1. The molecule has 0 radical (unpaired) electrons. The van der Waals surface area contributed by atoms with Gasteiger partial charge in [0, 0.05) is 5.57 Å². The lowest BCUT2D eigenvalue weighted by Gasteiger charge is -2.12. The van der Waals surface area contributed by atoms with E-state index in [0.29, 0.717) is 5.57 Å². The van der Waals surface area contributed by atoms with Crippen LogP contribution < -0.4 is 0 Å². The number of rotatable bonds is 3. The molecule has 0 unspecified atom stereocenters. The molecule has 0 aliphatic carbocycles. The van der Waals surface area contributed by atoms with E-state index >= 15 is 0 Å². The van der Waals surface area contributed by atoms with Gasteiger partial charge in [0.1, 0.15) is 6.10 Å². The Balaban J connectivity index is 2.98. The van der Waals surface area contributed by atoms with Crippen molar-refractivity contribution in [1.29, 1.82) is 0 Å². The first-order chi connectivity index (χ1) is 7.06. The first-order valence-electron chi connectivity index (χ1n) is 4.62. The summed E-state index contributed by atoms with van der Waals surface area (Å²) >= 11 is 1.97. The fourth-order valence-corrected chi connectivity index (χ4v) is 2.04. The Morgan fingerprint density at radius 2 is 1.93 bits per heavy atom. The summed E-state index contributed by atoms with van der Waals surface area (Å²) in [6, 6.07) is 7.51. The molecule has 0 heterocycles. The van der Waals surface area contributed by atoms with Gasteiger partial charge in [-0.25, -0.2) is 0 Å². The van der Waals surface area contributed by atoms with Crippen LogP contribution in [-0.2, 0) is 4.79 Å². The molecule has 0 saturated carbocycles. The minimum Gasteiger partial charge on any atom is -0.384 e. The Hall–Kier alpha value is -0.680. The Morgan fingerprint density at radius 3 is 2.33 bits per heavy atom. The van der Waals surface area contributed by atoms with Gasteiger partial charge in [0.2, 0.25) is 0 Å². The highest BCUT2D eigenvalue weighted by Crippen LogP contribution is 2.23. The van der Waals surface area contributed by atoms with Crippen LogP contribution in [0.25, 0.3) is 0 Å². The predicted molar refractivity (Wildman–Crippen MR) is 68.9 cm³/mol. The lowest BCUT2D eigenvalue weighted by atomic mass is 9.99. The topological polar surface area (TPSA) is 37.3 Å². The van der Waals surface area contributed by atoms with Crippen molar-refractivity contribution < 1.29 is 9.90 Å². The van der Waals surface area contributed by atoms with E-state index in [1.807, 2.05) is 53.8 Å². The summed E-state index contributed by atoms with van der Waals surface area (Å²) < 4.78 is 1.63. The molecule has 0 amide bonds. The van der Waals surface area contributed by atoms with E-state index in [2.05, 4.69) is 0 Å². The number of hydrogen-bond acceptors (Lipinski definition) is 2. The smallest absolute Gasteiger partial charge is 0.159 e. The highest BCUT2D eigenvalue weighted by atomic mass is 127. The first-order valence-corrected chi connectivity index (χ1v) is 5.86. The molecule has 0 saturated heterocycles. The Kier molecular flexibility index (Phi) is 4.47. The number of ketones is 1. The molecule has 0 aliphatic heterocycles. The SMILES string of the molecule is CC(=O)/C(=C/I)[C@@H](O)c1ccc(C)cc1. The summed E-state index contributed by atoms with van der Waals surface area (Å²) in [4.78, 5) is 11.2. The van der Waals surface area contributed by atoms with Gasteiger partial charge in [-0.2, -0.15) is 0 Å². The van der Waals surface area contributed by atoms with Crippen molar-refractivity contribution >= 4 is 28.4 Å².